The predicted molar refractivity (Wildman–Crippen MR) is 204 cm³/mol. The zero-order chi connectivity index (χ0) is 34.4. The van der Waals surface area contributed by atoms with Crippen LogP contribution in [-0.2, 0) is 22.4 Å². The molecule has 259 valence electrons. The molecular formula is C44H46AuN5-. The molecule has 0 aliphatic rings. The van der Waals surface area contributed by atoms with Gasteiger partial charge in [-0.2, -0.15) is 0 Å². The molecule has 0 N–H and O–H groups in total. The van der Waals surface area contributed by atoms with Crippen LogP contribution in [0.25, 0.3) is 50.3 Å². The number of hydrogen-bond acceptors (Lipinski definition) is 1. The van der Waals surface area contributed by atoms with Gasteiger partial charge in [0.25, 0.3) is 6.33 Å². The Kier molecular flexibility index (Phi) is 10.2. The molecule has 0 aliphatic heterocycles. The SMILES string of the molecule is CC(C)c1cccc(C(C)C)c1-n1[c-][n+](-c2c(C(C)C)cccc2C(C)C)c2ccccc21.[Au].c1ccc2c(c1)nc1[n-]c3ccccc3n12. The van der Waals surface area contributed by atoms with Crippen LogP contribution in [0.4, 0.5) is 0 Å². The fourth-order valence-corrected chi connectivity index (χ4v) is 7.11. The molecule has 8 aromatic rings. The zero-order valence-corrected chi connectivity index (χ0v) is 32.4. The largest absolute Gasteiger partial charge is 0.366 e. The fourth-order valence-electron chi connectivity index (χ4n) is 7.11. The summed E-state index contributed by atoms with van der Waals surface area (Å²) in [6, 6.07) is 38.5. The third-order valence-corrected chi connectivity index (χ3v) is 9.58. The molecule has 5 aromatic carbocycles. The summed E-state index contributed by atoms with van der Waals surface area (Å²) < 4.78 is 6.74. The van der Waals surface area contributed by atoms with Gasteiger partial charge in [-0.15, -0.1) is 0 Å². The Balaban J connectivity index is 0.000000210. The Bertz CT molecular complexity index is 2210. The Morgan fingerprint density at radius 3 is 1.66 bits per heavy atom. The van der Waals surface area contributed by atoms with Gasteiger partial charge in [-0.3, -0.25) is 9.13 Å². The fraction of sp³-hybridized carbons (Fsp3) is 0.273. The van der Waals surface area contributed by atoms with Crippen molar-refractivity contribution >= 4 is 38.9 Å². The van der Waals surface area contributed by atoms with Crippen LogP contribution < -0.4 is 9.55 Å². The van der Waals surface area contributed by atoms with E-state index in [0.717, 1.165) is 27.8 Å². The number of rotatable bonds is 6. The normalized spacial score (nSPS) is 11.8. The number of hydrogen-bond donors (Lipinski definition) is 0. The number of fused-ring (bicyclic) bond motifs is 6. The van der Waals surface area contributed by atoms with Crippen LogP contribution in [0.2, 0.25) is 0 Å². The van der Waals surface area contributed by atoms with Crippen LogP contribution in [0.3, 0.4) is 0 Å². The number of aromatic nitrogens is 5. The molecule has 50 heavy (non-hydrogen) atoms. The molecule has 0 bridgehead atoms. The van der Waals surface area contributed by atoms with Gasteiger partial charge in [-0.25, -0.2) is 0 Å². The smallest absolute Gasteiger partial charge is 0.269 e. The first-order valence-electron chi connectivity index (χ1n) is 17.7. The molecule has 0 saturated carbocycles. The number of imidazole rings is 3. The molecule has 3 heterocycles. The van der Waals surface area contributed by atoms with Crippen molar-refractivity contribution in [2.75, 3.05) is 0 Å². The minimum absolute atomic E-state index is 0. The van der Waals surface area contributed by atoms with Crippen molar-refractivity contribution in [3.05, 3.63) is 138 Å². The Morgan fingerprint density at radius 2 is 1.06 bits per heavy atom. The van der Waals surface area contributed by atoms with Gasteiger partial charge < -0.3 is 14.4 Å². The maximum absolute atomic E-state index is 4.50. The van der Waals surface area contributed by atoms with Crippen LogP contribution in [0.15, 0.2) is 109 Å². The van der Waals surface area contributed by atoms with Gasteiger partial charge in [0.05, 0.1) is 22.4 Å². The number of nitrogens with zero attached hydrogens (tertiary/aromatic N) is 5. The van der Waals surface area contributed by atoms with Crippen LogP contribution >= 0.6 is 0 Å². The second-order valence-electron chi connectivity index (χ2n) is 14.3. The molecule has 5 nitrogen and oxygen atoms in total. The van der Waals surface area contributed by atoms with Gasteiger partial charge in [-0.05, 0) is 45.9 Å². The summed E-state index contributed by atoms with van der Waals surface area (Å²) in [5.41, 5.74) is 14.7. The van der Waals surface area contributed by atoms with Crippen molar-refractivity contribution in [1.29, 1.82) is 0 Å². The molecule has 0 fully saturated rings. The van der Waals surface area contributed by atoms with Crippen molar-refractivity contribution in [2.45, 2.75) is 79.1 Å². The number of benzene rings is 5. The molecule has 0 spiro atoms. The molecule has 0 atom stereocenters. The van der Waals surface area contributed by atoms with Gasteiger partial charge in [0.1, 0.15) is 0 Å². The second-order valence-corrected chi connectivity index (χ2v) is 14.3. The average molecular weight is 842 g/mol. The molecule has 1 radical (unpaired) electrons. The van der Waals surface area contributed by atoms with E-state index in [2.05, 4.69) is 158 Å². The standard InChI is InChI=1S/C31H38N2.C13H8N3.Au/c1-20(2)24-13-11-14-25(21(3)4)30(24)32-19-33(29-18-10-9-17-28(29)32)31-26(22(5)6)15-12-16-27(31)23(7)8;1-3-7-11-9(5-1)14-13-15-10-6-2-4-8-12(10)16(11)13;/h9-18,20-23H,1-8H3;1-8H;/q;-1;. The maximum Gasteiger partial charge on any atom is 0.269 e. The first kappa shape index (κ1) is 35.4. The van der Waals surface area contributed by atoms with Gasteiger partial charge in [0.15, 0.2) is 0 Å². The third kappa shape index (κ3) is 6.23. The molecule has 3 aromatic heterocycles. The Morgan fingerprint density at radius 1 is 0.560 bits per heavy atom. The predicted octanol–water partition coefficient (Wildman–Crippen LogP) is 10.8. The van der Waals surface area contributed by atoms with E-state index in [-0.39, 0.29) is 22.4 Å². The van der Waals surface area contributed by atoms with E-state index in [1.54, 1.807) is 0 Å². The summed E-state index contributed by atoms with van der Waals surface area (Å²) >= 11 is 0. The number of para-hydroxylation sites is 8. The van der Waals surface area contributed by atoms with Crippen molar-refractivity contribution in [3.63, 3.8) is 0 Å². The van der Waals surface area contributed by atoms with E-state index in [4.69, 9.17) is 0 Å². The molecule has 0 aliphatic carbocycles. The van der Waals surface area contributed by atoms with Crippen LogP contribution in [0.1, 0.15) is 101 Å². The van der Waals surface area contributed by atoms with E-state index < -0.39 is 0 Å². The summed E-state index contributed by atoms with van der Waals surface area (Å²) in [5, 5.41) is 0. The summed E-state index contributed by atoms with van der Waals surface area (Å²) in [6.45, 7) is 18.3. The molecular weight excluding hydrogens is 795 g/mol. The van der Waals surface area contributed by atoms with Gasteiger partial charge in [-0.1, -0.05) is 165 Å². The van der Waals surface area contributed by atoms with Gasteiger partial charge >= 0.3 is 0 Å². The third-order valence-electron chi connectivity index (χ3n) is 9.58. The van der Waals surface area contributed by atoms with Gasteiger partial charge in [0.2, 0.25) is 0 Å². The topological polar surface area (TPSA) is 40.2 Å². The molecule has 0 amide bonds. The molecule has 0 saturated heterocycles. The quantitative estimate of drug-likeness (QED) is 0.0951. The zero-order valence-electron chi connectivity index (χ0n) is 30.2. The summed E-state index contributed by atoms with van der Waals surface area (Å²) in [4.78, 5) is 9.01. The van der Waals surface area contributed by atoms with Crippen LogP contribution in [0.5, 0.6) is 0 Å². The monoisotopic (exact) mass is 841 g/mol. The van der Waals surface area contributed by atoms with Crippen LogP contribution in [0, 0.1) is 6.33 Å². The molecule has 8 rings (SSSR count). The van der Waals surface area contributed by atoms with E-state index in [9.17, 15) is 0 Å². The molecule has 0 unspecified atom stereocenters. The second kappa shape index (κ2) is 14.4. The van der Waals surface area contributed by atoms with Crippen molar-refractivity contribution in [3.8, 4) is 11.4 Å². The van der Waals surface area contributed by atoms with E-state index >= 15 is 0 Å². The maximum atomic E-state index is 4.50. The summed E-state index contributed by atoms with van der Waals surface area (Å²) in [6.07, 6.45) is 3.84. The van der Waals surface area contributed by atoms with E-state index in [1.807, 2.05) is 36.4 Å². The summed E-state index contributed by atoms with van der Waals surface area (Å²) in [5.74, 6) is 2.49. The van der Waals surface area contributed by atoms with Crippen molar-refractivity contribution in [2.24, 2.45) is 0 Å². The first-order chi connectivity index (χ1) is 23.7. The van der Waals surface area contributed by atoms with E-state index in [1.165, 1.54) is 44.7 Å². The van der Waals surface area contributed by atoms with Crippen molar-refractivity contribution < 1.29 is 26.9 Å². The minimum atomic E-state index is 0. The minimum Gasteiger partial charge on any atom is -0.366 e. The first-order valence-corrected chi connectivity index (χ1v) is 17.7. The van der Waals surface area contributed by atoms with E-state index in [0.29, 0.717) is 23.7 Å². The average Bonchev–Trinajstić information content (AvgIpc) is 3.77. The van der Waals surface area contributed by atoms with Gasteiger partial charge in [0, 0.05) is 50.2 Å². The summed E-state index contributed by atoms with van der Waals surface area (Å²) in [7, 11) is 0. The van der Waals surface area contributed by atoms with Crippen LogP contribution in [-0.4, -0.2) is 14.0 Å². The Hall–Kier alpha value is -4.42. The van der Waals surface area contributed by atoms with Crippen molar-refractivity contribution in [1.82, 2.24) is 18.9 Å². The molecule has 6 heteroatoms. The Labute approximate surface area is 311 Å².